The lowest BCUT2D eigenvalue weighted by Crippen LogP contribution is -2.22. The highest BCUT2D eigenvalue weighted by molar-refractivity contribution is 6.30. The van der Waals surface area contributed by atoms with E-state index in [4.69, 9.17) is 11.6 Å². The molecule has 1 fully saturated rings. The molecule has 1 aliphatic rings. The van der Waals surface area contributed by atoms with E-state index in [9.17, 15) is 0 Å². The molecule has 1 aromatic heterocycles. The second-order valence-corrected chi connectivity index (χ2v) is 5.03. The smallest absolute Gasteiger partial charge is 0.137 e. The van der Waals surface area contributed by atoms with Crippen molar-refractivity contribution < 1.29 is 0 Å². The molecule has 0 aromatic carbocycles. The number of likely N-dealkylation sites (tertiary alicyclic amines) is 1. The summed E-state index contributed by atoms with van der Waals surface area (Å²) in [7, 11) is 0. The molecule has 0 bridgehead atoms. The predicted octanol–water partition coefficient (Wildman–Crippen LogP) is 2.59. The van der Waals surface area contributed by atoms with Gasteiger partial charge >= 0.3 is 0 Å². The Morgan fingerprint density at radius 1 is 1.33 bits per heavy atom. The third-order valence-corrected chi connectivity index (χ3v) is 3.71. The fraction of sp³-hybridized carbons (Fsp3) is 0.692. The minimum Gasteiger partial charge on any atom is -0.370 e. The normalized spacial score (nSPS) is 16.1. The van der Waals surface area contributed by atoms with E-state index in [2.05, 4.69) is 27.1 Å². The Morgan fingerprint density at radius 3 is 2.83 bits per heavy atom. The van der Waals surface area contributed by atoms with E-state index in [1.54, 1.807) is 0 Å². The molecule has 0 atom stereocenters. The van der Waals surface area contributed by atoms with Gasteiger partial charge in [0.2, 0.25) is 0 Å². The molecule has 2 rings (SSSR count). The predicted molar refractivity (Wildman–Crippen MR) is 75.2 cm³/mol. The van der Waals surface area contributed by atoms with Gasteiger partial charge in [-0.1, -0.05) is 18.5 Å². The third-order valence-electron chi connectivity index (χ3n) is 3.39. The van der Waals surface area contributed by atoms with Gasteiger partial charge in [-0.15, -0.1) is 0 Å². The molecule has 0 radical (unpaired) electrons. The number of hydrogen-bond acceptors (Lipinski definition) is 4. The molecule has 1 N–H and O–H groups in total. The molecule has 1 aliphatic heterocycles. The third kappa shape index (κ3) is 3.56. The number of nitrogens with zero attached hydrogens (tertiary/aromatic N) is 3. The Morgan fingerprint density at radius 2 is 2.11 bits per heavy atom. The van der Waals surface area contributed by atoms with Crippen LogP contribution in [0.3, 0.4) is 0 Å². The summed E-state index contributed by atoms with van der Waals surface area (Å²) in [5.74, 6) is 0.888. The number of halogens is 1. The quantitative estimate of drug-likeness (QED) is 0.636. The van der Waals surface area contributed by atoms with E-state index in [1.165, 1.54) is 38.8 Å². The van der Waals surface area contributed by atoms with Crippen LogP contribution in [0.1, 0.15) is 31.7 Å². The Bertz CT molecular complexity index is 377. The maximum atomic E-state index is 6.05. The molecule has 0 saturated carbocycles. The van der Waals surface area contributed by atoms with Gasteiger partial charge in [0.1, 0.15) is 17.3 Å². The molecule has 1 aromatic rings. The van der Waals surface area contributed by atoms with Crippen molar-refractivity contribution in [3.8, 4) is 0 Å². The summed E-state index contributed by atoms with van der Waals surface area (Å²) in [5.41, 5.74) is 1.01. The summed E-state index contributed by atoms with van der Waals surface area (Å²) in [6.45, 7) is 6.71. The zero-order valence-electron chi connectivity index (χ0n) is 11.0. The second-order valence-electron chi connectivity index (χ2n) is 4.67. The van der Waals surface area contributed by atoms with E-state index >= 15 is 0 Å². The minimum absolute atomic E-state index is 0.564. The maximum absolute atomic E-state index is 6.05. The van der Waals surface area contributed by atoms with Crippen LogP contribution < -0.4 is 5.32 Å². The van der Waals surface area contributed by atoms with Crippen LogP contribution in [0.5, 0.6) is 0 Å². The first-order chi connectivity index (χ1) is 8.81. The van der Waals surface area contributed by atoms with Crippen LogP contribution >= 0.6 is 11.6 Å². The van der Waals surface area contributed by atoms with Gasteiger partial charge in [0.05, 0.1) is 0 Å². The van der Waals surface area contributed by atoms with E-state index in [0.717, 1.165) is 30.8 Å². The van der Waals surface area contributed by atoms with Crippen LogP contribution in [-0.2, 0) is 6.42 Å². The highest BCUT2D eigenvalue weighted by atomic mass is 35.5. The molecular formula is C13H21ClN4. The number of rotatable bonds is 6. The minimum atomic E-state index is 0.564. The van der Waals surface area contributed by atoms with E-state index in [1.807, 2.05) is 0 Å². The highest BCUT2D eigenvalue weighted by Crippen LogP contribution is 2.20. The first-order valence-electron chi connectivity index (χ1n) is 6.77. The van der Waals surface area contributed by atoms with Crippen molar-refractivity contribution in [2.24, 2.45) is 0 Å². The molecule has 18 heavy (non-hydrogen) atoms. The van der Waals surface area contributed by atoms with Crippen LogP contribution in [-0.4, -0.2) is 41.0 Å². The van der Waals surface area contributed by atoms with Gasteiger partial charge in [0.15, 0.2) is 0 Å². The molecule has 0 unspecified atom stereocenters. The molecule has 2 heterocycles. The average Bonchev–Trinajstić information content (AvgIpc) is 2.88. The summed E-state index contributed by atoms with van der Waals surface area (Å²) in [4.78, 5) is 10.8. The van der Waals surface area contributed by atoms with E-state index < -0.39 is 0 Å². The van der Waals surface area contributed by atoms with Crippen molar-refractivity contribution in [1.82, 2.24) is 14.9 Å². The average molecular weight is 269 g/mol. The van der Waals surface area contributed by atoms with Gasteiger partial charge in [-0.05, 0) is 45.3 Å². The molecule has 0 amide bonds. The molecule has 1 saturated heterocycles. The maximum Gasteiger partial charge on any atom is 0.137 e. The highest BCUT2D eigenvalue weighted by Gasteiger charge is 2.11. The molecule has 5 heteroatoms. The van der Waals surface area contributed by atoms with Crippen molar-refractivity contribution in [1.29, 1.82) is 0 Å². The monoisotopic (exact) mass is 268 g/mol. The Hall–Kier alpha value is -0.870. The summed E-state index contributed by atoms with van der Waals surface area (Å²) < 4.78 is 0. The molecule has 0 spiro atoms. The van der Waals surface area contributed by atoms with Gasteiger partial charge in [-0.25, -0.2) is 9.97 Å². The van der Waals surface area contributed by atoms with Gasteiger partial charge in [-0.3, -0.25) is 0 Å². The number of hydrogen-bond donors (Lipinski definition) is 1. The standard InChI is InChI=1S/C13H21ClN4/c1-2-11-12(14)16-10-17-13(11)15-6-5-9-18-7-3-4-8-18/h10H,2-9H2,1H3,(H,15,16,17). The Kier molecular flexibility index (Phi) is 5.20. The van der Waals surface area contributed by atoms with Gasteiger partial charge < -0.3 is 10.2 Å². The zero-order valence-corrected chi connectivity index (χ0v) is 11.7. The fourth-order valence-electron chi connectivity index (χ4n) is 2.37. The zero-order chi connectivity index (χ0) is 12.8. The largest absolute Gasteiger partial charge is 0.370 e. The lowest BCUT2D eigenvalue weighted by molar-refractivity contribution is 0.337. The van der Waals surface area contributed by atoms with Crippen LogP contribution in [0.15, 0.2) is 6.33 Å². The van der Waals surface area contributed by atoms with Crippen LogP contribution in [0.4, 0.5) is 5.82 Å². The summed E-state index contributed by atoms with van der Waals surface area (Å²) >= 11 is 6.05. The summed E-state index contributed by atoms with van der Waals surface area (Å²) in [5, 5.41) is 3.93. The number of nitrogens with one attached hydrogen (secondary N) is 1. The lowest BCUT2D eigenvalue weighted by atomic mass is 10.2. The number of anilines is 1. The number of aromatic nitrogens is 2. The fourth-order valence-corrected chi connectivity index (χ4v) is 2.64. The molecule has 100 valence electrons. The first-order valence-corrected chi connectivity index (χ1v) is 7.14. The second kappa shape index (κ2) is 6.90. The van der Waals surface area contributed by atoms with Gasteiger partial charge in [-0.2, -0.15) is 0 Å². The van der Waals surface area contributed by atoms with Crippen molar-refractivity contribution in [3.63, 3.8) is 0 Å². The molecule has 4 nitrogen and oxygen atoms in total. The lowest BCUT2D eigenvalue weighted by Gasteiger charge is -2.15. The van der Waals surface area contributed by atoms with Crippen molar-refractivity contribution in [2.75, 3.05) is 31.5 Å². The Balaban J connectivity index is 1.77. The molecule has 0 aliphatic carbocycles. The van der Waals surface area contributed by atoms with Crippen LogP contribution in [0.2, 0.25) is 5.15 Å². The summed E-state index contributed by atoms with van der Waals surface area (Å²) in [6, 6.07) is 0. The summed E-state index contributed by atoms with van der Waals surface area (Å²) in [6.07, 6.45) is 6.23. The Labute approximate surface area is 114 Å². The molecular weight excluding hydrogens is 248 g/mol. The van der Waals surface area contributed by atoms with Crippen molar-refractivity contribution in [3.05, 3.63) is 17.0 Å². The van der Waals surface area contributed by atoms with Gasteiger partial charge in [0.25, 0.3) is 0 Å². The first kappa shape index (κ1) is 13.6. The van der Waals surface area contributed by atoms with E-state index in [-0.39, 0.29) is 0 Å². The SMILES string of the molecule is CCc1c(Cl)ncnc1NCCCN1CCCC1. The van der Waals surface area contributed by atoms with Gasteiger partial charge in [0, 0.05) is 12.1 Å². The van der Waals surface area contributed by atoms with E-state index in [0.29, 0.717) is 5.15 Å². The van der Waals surface area contributed by atoms with Crippen molar-refractivity contribution in [2.45, 2.75) is 32.6 Å². The van der Waals surface area contributed by atoms with Crippen molar-refractivity contribution >= 4 is 17.4 Å². The van der Waals surface area contributed by atoms with Crippen LogP contribution in [0.25, 0.3) is 0 Å². The van der Waals surface area contributed by atoms with Crippen LogP contribution in [0, 0.1) is 0 Å². The topological polar surface area (TPSA) is 41.1 Å².